The van der Waals surface area contributed by atoms with Crippen molar-refractivity contribution in [3.8, 4) is 5.75 Å². The monoisotopic (exact) mass is 492 g/mol. The van der Waals surface area contributed by atoms with Gasteiger partial charge in [-0.2, -0.15) is 13.2 Å². The maximum absolute atomic E-state index is 12.8. The van der Waals surface area contributed by atoms with E-state index in [0.717, 1.165) is 37.8 Å². The van der Waals surface area contributed by atoms with E-state index < -0.39 is 42.7 Å². The Kier molecular flexibility index (Phi) is 9.11. The standard InChI is InChI=1S/C25H27F3N2O5/c26-25(27,28)18-9-6-10-19(13-18)30-23(32)16-34-21-12-5-4-11-20(21)24(33)35-15-22(31)29-14-17-7-2-1-3-8-17/h4-6,9-13,17H,1-3,7-8,14-16H2,(H,29,31)(H,30,32). The summed E-state index contributed by atoms with van der Waals surface area (Å²) in [6.07, 6.45) is 1.15. The average Bonchev–Trinajstić information content (AvgIpc) is 2.85. The highest BCUT2D eigenvalue weighted by atomic mass is 19.4. The zero-order valence-corrected chi connectivity index (χ0v) is 19.0. The van der Waals surface area contributed by atoms with Crippen molar-refractivity contribution >= 4 is 23.5 Å². The summed E-state index contributed by atoms with van der Waals surface area (Å²) in [4.78, 5) is 36.7. The number of amides is 2. The van der Waals surface area contributed by atoms with Gasteiger partial charge in [-0.25, -0.2) is 4.79 Å². The van der Waals surface area contributed by atoms with Crippen molar-refractivity contribution in [2.75, 3.05) is 25.1 Å². The van der Waals surface area contributed by atoms with E-state index in [1.807, 2.05) is 0 Å². The first-order chi connectivity index (χ1) is 16.7. The van der Waals surface area contributed by atoms with Crippen LogP contribution < -0.4 is 15.4 Å². The van der Waals surface area contributed by atoms with Crippen LogP contribution >= 0.6 is 0 Å². The largest absolute Gasteiger partial charge is 0.483 e. The summed E-state index contributed by atoms with van der Waals surface area (Å²) in [6, 6.07) is 10.2. The van der Waals surface area contributed by atoms with Crippen LogP contribution in [0.5, 0.6) is 5.75 Å². The molecule has 0 unspecified atom stereocenters. The fraction of sp³-hybridized carbons (Fsp3) is 0.400. The second-order valence-electron chi connectivity index (χ2n) is 8.30. The number of esters is 1. The van der Waals surface area contributed by atoms with Gasteiger partial charge in [0.15, 0.2) is 13.2 Å². The summed E-state index contributed by atoms with van der Waals surface area (Å²) in [7, 11) is 0. The summed E-state index contributed by atoms with van der Waals surface area (Å²) in [5.41, 5.74) is -0.924. The molecule has 0 radical (unpaired) electrons. The van der Waals surface area contributed by atoms with Crippen LogP contribution in [0.25, 0.3) is 0 Å². The lowest BCUT2D eigenvalue weighted by atomic mass is 9.89. The molecule has 2 aromatic rings. The molecule has 0 aliphatic heterocycles. The number of hydrogen-bond donors (Lipinski definition) is 2. The Bertz CT molecular complexity index is 1040. The number of benzene rings is 2. The van der Waals surface area contributed by atoms with Crippen molar-refractivity contribution in [3.05, 3.63) is 59.7 Å². The van der Waals surface area contributed by atoms with Crippen LogP contribution in [-0.4, -0.2) is 37.5 Å². The summed E-state index contributed by atoms with van der Waals surface area (Å²) in [5, 5.41) is 5.10. The Morgan fingerprint density at radius 1 is 0.914 bits per heavy atom. The van der Waals surface area contributed by atoms with Gasteiger partial charge in [0.05, 0.1) is 5.56 Å². The first-order valence-corrected chi connectivity index (χ1v) is 11.3. The molecule has 0 heterocycles. The highest BCUT2D eigenvalue weighted by Crippen LogP contribution is 2.30. The minimum atomic E-state index is -4.54. The van der Waals surface area contributed by atoms with Gasteiger partial charge >= 0.3 is 12.1 Å². The maximum Gasteiger partial charge on any atom is 0.416 e. The molecule has 2 amide bonds. The van der Waals surface area contributed by atoms with Crippen molar-refractivity contribution in [1.82, 2.24) is 5.32 Å². The molecule has 1 fully saturated rings. The Hall–Kier alpha value is -3.56. The van der Waals surface area contributed by atoms with Crippen molar-refractivity contribution in [1.29, 1.82) is 0 Å². The highest BCUT2D eigenvalue weighted by Gasteiger charge is 2.30. The predicted molar refractivity (Wildman–Crippen MR) is 122 cm³/mol. The number of rotatable bonds is 9. The number of ether oxygens (including phenoxy) is 2. The summed E-state index contributed by atoms with van der Waals surface area (Å²) >= 11 is 0. The lowest BCUT2D eigenvalue weighted by Crippen LogP contribution is -2.33. The van der Waals surface area contributed by atoms with E-state index in [2.05, 4.69) is 10.6 Å². The molecule has 1 saturated carbocycles. The molecule has 0 saturated heterocycles. The molecule has 1 aliphatic carbocycles. The van der Waals surface area contributed by atoms with Gasteiger partial charge in [0.25, 0.3) is 11.8 Å². The van der Waals surface area contributed by atoms with Crippen LogP contribution in [0.15, 0.2) is 48.5 Å². The number of anilines is 1. The Balaban J connectivity index is 1.48. The number of nitrogens with one attached hydrogen (secondary N) is 2. The molecule has 3 rings (SSSR count). The van der Waals surface area contributed by atoms with E-state index in [1.165, 1.54) is 30.7 Å². The summed E-state index contributed by atoms with van der Waals surface area (Å²) in [6.45, 7) is -0.449. The number of hydrogen-bond acceptors (Lipinski definition) is 5. The van der Waals surface area contributed by atoms with Crippen LogP contribution in [0.3, 0.4) is 0 Å². The van der Waals surface area contributed by atoms with Gasteiger partial charge in [-0.1, -0.05) is 37.5 Å². The van der Waals surface area contributed by atoms with Crippen LogP contribution in [-0.2, 0) is 20.5 Å². The van der Waals surface area contributed by atoms with E-state index in [1.54, 1.807) is 12.1 Å². The SMILES string of the molecule is O=C(COC(=O)c1ccccc1OCC(=O)Nc1cccc(C(F)(F)F)c1)NCC1CCCCC1. The van der Waals surface area contributed by atoms with Gasteiger partial charge < -0.3 is 20.1 Å². The lowest BCUT2D eigenvalue weighted by Gasteiger charge is -2.21. The van der Waals surface area contributed by atoms with Crippen molar-refractivity contribution in [2.45, 2.75) is 38.3 Å². The smallest absolute Gasteiger partial charge is 0.416 e. The summed E-state index contributed by atoms with van der Waals surface area (Å²) in [5.74, 6) is -1.43. The van der Waals surface area contributed by atoms with E-state index in [0.29, 0.717) is 12.5 Å². The Morgan fingerprint density at radius 3 is 2.40 bits per heavy atom. The number of alkyl halides is 3. The van der Waals surface area contributed by atoms with Gasteiger partial charge in [-0.15, -0.1) is 0 Å². The van der Waals surface area contributed by atoms with Gasteiger partial charge in [0.1, 0.15) is 11.3 Å². The normalized spacial score (nSPS) is 14.1. The van der Waals surface area contributed by atoms with Crippen LogP contribution in [0.1, 0.15) is 48.0 Å². The third-order valence-corrected chi connectivity index (χ3v) is 5.59. The van der Waals surface area contributed by atoms with Gasteiger partial charge in [-0.3, -0.25) is 9.59 Å². The molecule has 188 valence electrons. The molecule has 10 heteroatoms. The van der Waals surface area contributed by atoms with Gasteiger partial charge in [0, 0.05) is 12.2 Å². The second-order valence-corrected chi connectivity index (χ2v) is 8.30. The van der Waals surface area contributed by atoms with Crippen LogP contribution in [0.2, 0.25) is 0 Å². The molecule has 1 aliphatic rings. The van der Waals surface area contributed by atoms with E-state index in [-0.39, 0.29) is 17.0 Å². The molecule has 0 spiro atoms. The number of para-hydroxylation sites is 1. The molecule has 2 N–H and O–H groups in total. The fourth-order valence-electron chi connectivity index (χ4n) is 3.78. The zero-order chi connectivity index (χ0) is 25.3. The topological polar surface area (TPSA) is 93.7 Å². The first kappa shape index (κ1) is 26.1. The number of halogens is 3. The van der Waals surface area contributed by atoms with E-state index in [4.69, 9.17) is 9.47 Å². The fourth-order valence-corrected chi connectivity index (χ4v) is 3.78. The maximum atomic E-state index is 12.8. The number of carbonyl (C=O) groups excluding carboxylic acids is 3. The van der Waals surface area contributed by atoms with Crippen molar-refractivity contribution < 1.29 is 37.0 Å². The van der Waals surface area contributed by atoms with Gasteiger partial charge in [-0.05, 0) is 49.1 Å². The van der Waals surface area contributed by atoms with Crippen LogP contribution in [0.4, 0.5) is 18.9 Å². The molecule has 0 atom stereocenters. The molecule has 7 nitrogen and oxygen atoms in total. The van der Waals surface area contributed by atoms with Crippen molar-refractivity contribution in [2.24, 2.45) is 5.92 Å². The minimum absolute atomic E-state index is 0.0134. The average molecular weight is 492 g/mol. The molecule has 0 bridgehead atoms. The van der Waals surface area contributed by atoms with E-state index in [9.17, 15) is 27.6 Å². The molecular formula is C25H27F3N2O5. The summed E-state index contributed by atoms with van der Waals surface area (Å²) < 4.78 is 49.0. The number of carbonyl (C=O) groups is 3. The lowest BCUT2D eigenvalue weighted by molar-refractivity contribution is -0.137. The molecule has 35 heavy (non-hydrogen) atoms. The first-order valence-electron chi connectivity index (χ1n) is 11.3. The predicted octanol–water partition coefficient (Wildman–Crippen LogP) is 4.58. The highest BCUT2D eigenvalue weighted by molar-refractivity contribution is 5.95. The van der Waals surface area contributed by atoms with Gasteiger partial charge in [0.2, 0.25) is 0 Å². The van der Waals surface area contributed by atoms with E-state index >= 15 is 0 Å². The third kappa shape index (κ3) is 8.31. The molecule has 2 aromatic carbocycles. The van der Waals surface area contributed by atoms with Crippen molar-refractivity contribution in [3.63, 3.8) is 0 Å². The Morgan fingerprint density at radius 2 is 1.66 bits per heavy atom. The third-order valence-electron chi connectivity index (χ3n) is 5.59. The zero-order valence-electron chi connectivity index (χ0n) is 19.0. The molecular weight excluding hydrogens is 465 g/mol. The Labute approximate surface area is 201 Å². The minimum Gasteiger partial charge on any atom is -0.483 e. The second kappa shape index (κ2) is 12.2. The molecule has 0 aromatic heterocycles. The van der Waals surface area contributed by atoms with Crippen LogP contribution in [0, 0.1) is 5.92 Å². The quantitative estimate of drug-likeness (QED) is 0.500.